The van der Waals surface area contributed by atoms with Gasteiger partial charge in [-0.3, -0.25) is 4.79 Å². The molecule has 1 heterocycles. The van der Waals surface area contributed by atoms with Crippen molar-refractivity contribution in [2.45, 2.75) is 24.7 Å². The molecule has 178 valence electrons. The zero-order valence-electron chi connectivity index (χ0n) is 18.7. The van der Waals surface area contributed by atoms with Gasteiger partial charge in [0.15, 0.2) is 0 Å². The van der Waals surface area contributed by atoms with Crippen molar-refractivity contribution < 1.29 is 28.2 Å². The summed E-state index contributed by atoms with van der Waals surface area (Å²) in [7, 11) is -2.53. The smallest absolute Gasteiger partial charge is 0.339 e. The number of anilines is 1. The summed E-state index contributed by atoms with van der Waals surface area (Å²) >= 11 is 0. The van der Waals surface area contributed by atoms with Gasteiger partial charge in [-0.15, -0.1) is 0 Å². The van der Waals surface area contributed by atoms with Gasteiger partial charge in [-0.2, -0.15) is 4.31 Å². The molecule has 1 aliphatic rings. The lowest BCUT2D eigenvalue weighted by Gasteiger charge is -2.31. The number of aromatic carboxylic acids is 1. The summed E-state index contributed by atoms with van der Waals surface area (Å²) < 4.78 is 26.9. The standard InChI is InChI=1S/C23H29N3O6S/c1-16-3-6-19(7-4-16)33(31,32)25(2)15-22(28)26(14-17-9-11-24-12-10-17)18-5-8-20(23(29)30)21(27)13-18/h3-8,13,17,24,27H,9-12,14-15H2,1-2H3,(H,29,30). The molecule has 0 saturated carbocycles. The Balaban J connectivity index is 1.86. The van der Waals surface area contributed by atoms with Crippen molar-refractivity contribution in [1.82, 2.24) is 9.62 Å². The fraction of sp³-hybridized carbons (Fsp3) is 0.391. The van der Waals surface area contributed by atoms with E-state index in [-0.39, 0.29) is 16.4 Å². The van der Waals surface area contributed by atoms with Crippen LogP contribution in [0.2, 0.25) is 0 Å². The number of rotatable bonds is 8. The third-order valence-corrected chi connectivity index (χ3v) is 7.63. The van der Waals surface area contributed by atoms with E-state index in [1.54, 1.807) is 12.1 Å². The van der Waals surface area contributed by atoms with Crippen molar-refractivity contribution in [3.05, 3.63) is 53.6 Å². The summed E-state index contributed by atoms with van der Waals surface area (Å²) in [5.74, 6) is -2.01. The van der Waals surface area contributed by atoms with Crippen LogP contribution in [0.4, 0.5) is 5.69 Å². The number of piperidine rings is 1. The largest absolute Gasteiger partial charge is 0.507 e. The molecule has 0 radical (unpaired) electrons. The predicted molar refractivity (Wildman–Crippen MR) is 124 cm³/mol. The minimum absolute atomic E-state index is 0.0942. The van der Waals surface area contributed by atoms with Crippen LogP contribution in [-0.4, -0.2) is 68.0 Å². The Kier molecular flexibility index (Phi) is 7.72. The second kappa shape index (κ2) is 10.3. The molecule has 33 heavy (non-hydrogen) atoms. The van der Waals surface area contributed by atoms with Gasteiger partial charge < -0.3 is 20.4 Å². The number of carbonyl (C=O) groups excluding carboxylic acids is 1. The number of aromatic hydroxyl groups is 1. The highest BCUT2D eigenvalue weighted by molar-refractivity contribution is 7.89. The first-order valence-electron chi connectivity index (χ1n) is 10.7. The maximum atomic E-state index is 13.3. The van der Waals surface area contributed by atoms with Crippen molar-refractivity contribution in [2.24, 2.45) is 5.92 Å². The first-order valence-corrected chi connectivity index (χ1v) is 12.1. The number of hydrogen-bond donors (Lipinski definition) is 3. The van der Waals surface area contributed by atoms with Crippen molar-refractivity contribution in [3.63, 3.8) is 0 Å². The van der Waals surface area contributed by atoms with Crippen LogP contribution < -0.4 is 10.2 Å². The highest BCUT2D eigenvalue weighted by Crippen LogP contribution is 2.27. The number of likely N-dealkylation sites (N-methyl/N-ethyl adjacent to an activating group) is 1. The van der Waals surface area contributed by atoms with Gasteiger partial charge in [-0.05, 0) is 63.0 Å². The number of hydrogen-bond acceptors (Lipinski definition) is 6. The van der Waals surface area contributed by atoms with Crippen LogP contribution in [-0.2, 0) is 14.8 Å². The Labute approximate surface area is 193 Å². The lowest BCUT2D eigenvalue weighted by atomic mass is 9.97. The Hall–Kier alpha value is -2.95. The fourth-order valence-electron chi connectivity index (χ4n) is 3.79. The van der Waals surface area contributed by atoms with Crippen molar-refractivity contribution in [2.75, 3.05) is 38.1 Å². The number of nitrogens with zero attached hydrogens (tertiary/aromatic N) is 2. The van der Waals surface area contributed by atoms with Gasteiger partial charge in [0.2, 0.25) is 15.9 Å². The van der Waals surface area contributed by atoms with Gasteiger partial charge >= 0.3 is 5.97 Å². The highest BCUT2D eigenvalue weighted by atomic mass is 32.2. The number of nitrogens with one attached hydrogen (secondary N) is 1. The number of phenols is 1. The Morgan fingerprint density at radius 2 is 1.73 bits per heavy atom. The van der Waals surface area contributed by atoms with Crippen LogP contribution in [0.5, 0.6) is 5.75 Å². The van der Waals surface area contributed by atoms with Crippen LogP contribution in [0.25, 0.3) is 0 Å². The zero-order chi connectivity index (χ0) is 24.2. The molecule has 1 aliphatic heterocycles. The van der Waals surface area contributed by atoms with Gasteiger partial charge in [0.05, 0.1) is 11.4 Å². The Bertz CT molecular complexity index is 1110. The van der Waals surface area contributed by atoms with E-state index >= 15 is 0 Å². The van der Waals surface area contributed by atoms with Gasteiger partial charge in [0, 0.05) is 25.3 Å². The molecule has 0 bridgehead atoms. The average molecular weight is 476 g/mol. The summed E-state index contributed by atoms with van der Waals surface area (Å²) in [6.45, 7) is 3.43. The third kappa shape index (κ3) is 5.89. The first-order chi connectivity index (χ1) is 15.6. The lowest BCUT2D eigenvalue weighted by molar-refractivity contribution is -0.118. The molecule has 2 aromatic carbocycles. The molecule has 1 amide bonds. The van der Waals surface area contributed by atoms with Gasteiger partial charge in [0.1, 0.15) is 11.3 Å². The molecule has 10 heteroatoms. The van der Waals surface area contributed by atoms with Crippen molar-refractivity contribution in [3.8, 4) is 5.75 Å². The summed E-state index contributed by atoms with van der Waals surface area (Å²) in [5.41, 5.74) is 0.972. The summed E-state index contributed by atoms with van der Waals surface area (Å²) in [6.07, 6.45) is 1.70. The molecule has 2 aromatic rings. The number of benzene rings is 2. The maximum Gasteiger partial charge on any atom is 0.339 e. The summed E-state index contributed by atoms with van der Waals surface area (Å²) in [4.78, 5) is 26.1. The van der Waals surface area contributed by atoms with Crippen molar-refractivity contribution >= 4 is 27.6 Å². The molecule has 0 unspecified atom stereocenters. The summed E-state index contributed by atoms with van der Waals surface area (Å²) in [5, 5.41) is 22.6. The number of carboxylic acids is 1. The second-order valence-corrected chi connectivity index (χ2v) is 10.3. The third-order valence-electron chi connectivity index (χ3n) is 5.81. The number of carboxylic acid groups (broad SMARTS) is 1. The molecule has 9 nitrogen and oxygen atoms in total. The molecule has 0 aromatic heterocycles. The Morgan fingerprint density at radius 1 is 1.09 bits per heavy atom. The van der Waals surface area contributed by atoms with E-state index in [0.717, 1.165) is 35.8 Å². The number of sulfonamides is 1. The molecule has 0 aliphatic carbocycles. The molecule has 3 rings (SSSR count). The van der Waals surface area contributed by atoms with Crippen LogP contribution >= 0.6 is 0 Å². The minimum Gasteiger partial charge on any atom is -0.507 e. The molecular weight excluding hydrogens is 446 g/mol. The molecular formula is C23H29N3O6S. The monoisotopic (exact) mass is 475 g/mol. The van der Waals surface area contributed by atoms with Crippen LogP contribution in [0, 0.1) is 12.8 Å². The molecule has 0 atom stereocenters. The molecule has 0 spiro atoms. The predicted octanol–water partition coefficient (Wildman–Crippen LogP) is 2.05. The van der Waals surface area contributed by atoms with Crippen molar-refractivity contribution in [1.29, 1.82) is 0 Å². The van der Waals surface area contributed by atoms with E-state index in [1.807, 2.05) is 6.92 Å². The Morgan fingerprint density at radius 3 is 2.30 bits per heavy atom. The molecule has 1 saturated heterocycles. The zero-order valence-corrected chi connectivity index (χ0v) is 19.5. The van der Waals surface area contributed by atoms with E-state index in [0.29, 0.717) is 12.2 Å². The van der Waals surface area contributed by atoms with Gasteiger partial charge in [-0.1, -0.05) is 17.7 Å². The number of carbonyl (C=O) groups is 2. The number of aryl methyl sites for hydroxylation is 1. The quantitative estimate of drug-likeness (QED) is 0.533. The van der Waals surface area contributed by atoms with Crippen LogP contribution in [0.1, 0.15) is 28.8 Å². The average Bonchev–Trinajstić information content (AvgIpc) is 2.78. The number of amides is 1. The van der Waals surface area contributed by atoms with E-state index in [1.165, 1.54) is 42.3 Å². The van der Waals surface area contributed by atoms with E-state index in [4.69, 9.17) is 0 Å². The minimum atomic E-state index is -3.88. The SMILES string of the molecule is Cc1ccc(S(=O)(=O)N(C)CC(=O)N(CC2CCNCC2)c2ccc(C(=O)O)c(O)c2)cc1. The van der Waals surface area contributed by atoms with E-state index in [9.17, 15) is 28.2 Å². The van der Waals surface area contributed by atoms with Gasteiger partial charge in [-0.25, -0.2) is 13.2 Å². The lowest BCUT2D eigenvalue weighted by Crippen LogP contribution is -2.44. The van der Waals surface area contributed by atoms with Crippen LogP contribution in [0.15, 0.2) is 47.4 Å². The van der Waals surface area contributed by atoms with Gasteiger partial charge in [0.25, 0.3) is 0 Å². The topological polar surface area (TPSA) is 127 Å². The maximum absolute atomic E-state index is 13.3. The van der Waals surface area contributed by atoms with Crippen LogP contribution in [0.3, 0.4) is 0 Å². The fourth-order valence-corrected chi connectivity index (χ4v) is 4.91. The molecule has 3 N–H and O–H groups in total. The van der Waals surface area contributed by atoms with E-state index in [2.05, 4.69) is 5.32 Å². The van der Waals surface area contributed by atoms with E-state index < -0.39 is 34.2 Å². The highest BCUT2D eigenvalue weighted by Gasteiger charge is 2.28. The summed E-state index contributed by atoms with van der Waals surface area (Å²) in [6, 6.07) is 10.3. The normalized spacial score (nSPS) is 14.9. The molecule has 1 fully saturated rings. The first kappa shape index (κ1) is 24.7. The second-order valence-electron chi connectivity index (χ2n) is 8.28.